The molecule has 2 unspecified atom stereocenters. The van der Waals surface area contributed by atoms with Gasteiger partial charge in [-0.05, 0) is 6.92 Å². The monoisotopic (exact) mass is 174 g/mol. The van der Waals surface area contributed by atoms with Crippen molar-refractivity contribution in [3.8, 4) is 0 Å². The van der Waals surface area contributed by atoms with E-state index in [4.69, 9.17) is 11.6 Å². The molecule has 9 heavy (non-hydrogen) atoms. The molecule has 48 valence electrons. The predicted octanol–water partition coefficient (Wildman–Crippen LogP) is -3.00. The normalized spacial score (nSPS) is 15.4. The number of carbonyl (C=O) groups is 1. The first-order valence-corrected chi connectivity index (χ1v) is 2.84. The van der Waals surface area contributed by atoms with Gasteiger partial charge in [0.2, 0.25) is 0 Å². The van der Waals surface area contributed by atoms with Crippen LogP contribution in [-0.2, 0) is 4.79 Å². The van der Waals surface area contributed by atoms with Crippen molar-refractivity contribution in [2.24, 2.45) is 5.92 Å². The van der Waals surface area contributed by atoms with E-state index in [1.54, 1.807) is 6.92 Å². The molecule has 0 rings (SSSR count). The molecule has 0 aliphatic heterocycles. The Morgan fingerprint density at radius 2 is 1.89 bits per heavy atom. The van der Waals surface area contributed by atoms with E-state index in [9.17, 15) is 9.90 Å². The van der Waals surface area contributed by atoms with Gasteiger partial charge in [0.1, 0.15) is 0 Å². The van der Waals surface area contributed by atoms with Crippen LogP contribution in [0.3, 0.4) is 0 Å². The number of alkyl halides is 1. The van der Waals surface area contributed by atoms with Crippen LogP contribution in [0.25, 0.3) is 0 Å². The summed E-state index contributed by atoms with van der Waals surface area (Å²) in [6.45, 7) is 3.15. The Hall–Kier alpha value is 1.40. The molecule has 0 saturated heterocycles. The smallest absolute Gasteiger partial charge is 0.550 e. The molecule has 4 heteroatoms. The Morgan fingerprint density at radius 3 is 1.89 bits per heavy atom. The molecule has 0 radical (unpaired) electrons. The minimum atomic E-state index is -1.09. The maximum atomic E-state index is 9.95. The van der Waals surface area contributed by atoms with Crippen molar-refractivity contribution in [1.29, 1.82) is 0 Å². The average Bonchev–Trinajstić information content (AvgIpc) is 1.64. The summed E-state index contributed by atoms with van der Waals surface area (Å²) in [4.78, 5) is 9.95. The molecule has 2 nitrogen and oxygen atoms in total. The Labute approximate surface area is 102 Å². The van der Waals surface area contributed by atoms with Gasteiger partial charge in [-0.1, -0.05) is 6.92 Å². The van der Waals surface area contributed by atoms with E-state index in [-0.39, 0.29) is 56.8 Å². The van der Waals surface area contributed by atoms with Gasteiger partial charge in [0.25, 0.3) is 0 Å². The fraction of sp³-hybridized carbons (Fsp3) is 0.800. The van der Waals surface area contributed by atoms with Crippen molar-refractivity contribution in [3.63, 3.8) is 0 Å². The summed E-state index contributed by atoms with van der Waals surface area (Å²) in [5.41, 5.74) is 0. The summed E-state index contributed by atoms with van der Waals surface area (Å²) >= 11 is 5.40. The first-order valence-electron chi connectivity index (χ1n) is 2.40. The van der Waals surface area contributed by atoms with E-state index in [2.05, 4.69) is 0 Å². The zero-order valence-corrected chi connectivity index (χ0v) is 9.73. The third-order valence-corrected chi connectivity index (χ3v) is 1.44. The molecule has 0 spiro atoms. The summed E-state index contributed by atoms with van der Waals surface area (Å²) in [6, 6.07) is 0. The third kappa shape index (κ3) is 5.82. The Balaban J connectivity index is 0. The minimum absolute atomic E-state index is 0. The topological polar surface area (TPSA) is 40.1 Å². The Morgan fingerprint density at radius 1 is 1.56 bits per heavy atom. The van der Waals surface area contributed by atoms with Gasteiger partial charge in [0, 0.05) is 17.3 Å². The molecule has 0 aromatic heterocycles. The van der Waals surface area contributed by atoms with Crippen molar-refractivity contribution in [1.82, 2.24) is 0 Å². The molecule has 0 amide bonds. The van der Waals surface area contributed by atoms with E-state index in [1.165, 1.54) is 6.92 Å². The molecule has 0 heterocycles. The van der Waals surface area contributed by atoms with Gasteiger partial charge in [-0.25, -0.2) is 0 Å². The summed E-state index contributed by atoms with van der Waals surface area (Å²) in [5.74, 6) is -1.65. The number of hydrogen-bond donors (Lipinski definition) is 0. The van der Waals surface area contributed by atoms with Crippen LogP contribution < -0.4 is 56.5 Å². The minimum Gasteiger partial charge on any atom is -0.550 e. The zero-order chi connectivity index (χ0) is 6.73. The molecule has 0 N–H and O–H groups in total. The van der Waals surface area contributed by atoms with E-state index < -0.39 is 11.9 Å². The Bertz CT molecular complexity index is 95.0. The van der Waals surface area contributed by atoms with Crippen molar-refractivity contribution < 1.29 is 61.3 Å². The summed E-state index contributed by atoms with van der Waals surface area (Å²) in [7, 11) is 0. The van der Waals surface area contributed by atoms with Crippen LogP contribution in [0.4, 0.5) is 0 Å². The molecular weight excluding hydrogens is 167 g/mol. The predicted molar refractivity (Wildman–Crippen MR) is 29.5 cm³/mol. The molecule has 0 saturated carbocycles. The van der Waals surface area contributed by atoms with Gasteiger partial charge in [-0.2, -0.15) is 0 Å². The molecule has 2 atom stereocenters. The standard InChI is InChI=1S/C5H9ClO2.K/c1-3(4(2)6)5(7)8;/h3-4H,1-2H3,(H,7,8);/q;+1/p-1. The van der Waals surface area contributed by atoms with Gasteiger partial charge in [0.05, 0.1) is 0 Å². The zero-order valence-electron chi connectivity index (χ0n) is 5.85. The maximum Gasteiger partial charge on any atom is 1.00 e. The molecule has 0 aliphatic rings. The van der Waals surface area contributed by atoms with Gasteiger partial charge in [-0.15, -0.1) is 11.6 Å². The van der Waals surface area contributed by atoms with E-state index in [1.807, 2.05) is 0 Å². The summed E-state index contributed by atoms with van der Waals surface area (Å²) in [6.07, 6.45) is 0. The first kappa shape index (κ1) is 13.0. The molecule has 0 aromatic rings. The van der Waals surface area contributed by atoms with E-state index >= 15 is 0 Å². The number of carbonyl (C=O) groups excluding carboxylic acids is 1. The largest absolute Gasteiger partial charge is 1.00 e. The van der Waals surface area contributed by atoms with Gasteiger partial charge < -0.3 is 9.90 Å². The fourth-order valence-electron chi connectivity index (χ4n) is 0.188. The summed E-state index contributed by atoms with van der Waals surface area (Å²) < 4.78 is 0. The SMILES string of the molecule is CC(Cl)C(C)C(=O)[O-].[K+]. The molecule has 0 aromatic carbocycles. The molecule has 0 bridgehead atoms. The van der Waals surface area contributed by atoms with Crippen molar-refractivity contribution in [2.45, 2.75) is 19.2 Å². The second kappa shape index (κ2) is 6.13. The first-order chi connectivity index (χ1) is 3.55. The van der Waals surface area contributed by atoms with Crippen molar-refractivity contribution in [2.75, 3.05) is 0 Å². The number of hydrogen-bond acceptors (Lipinski definition) is 2. The molecule has 0 aliphatic carbocycles. The van der Waals surface area contributed by atoms with Crippen LogP contribution in [0.1, 0.15) is 13.8 Å². The van der Waals surface area contributed by atoms with Crippen LogP contribution in [0.15, 0.2) is 0 Å². The van der Waals surface area contributed by atoms with Gasteiger partial charge in [0.15, 0.2) is 0 Å². The van der Waals surface area contributed by atoms with E-state index in [0.29, 0.717) is 0 Å². The van der Waals surface area contributed by atoms with Crippen LogP contribution in [0, 0.1) is 5.92 Å². The number of aliphatic carboxylic acids is 1. The molecular formula is C5H8ClKO2. The quantitative estimate of drug-likeness (QED) is 0.331. The van der Waals surface area contributed by atoms with E-state index in [0.717, 1.165) is 0 Å². The van der Waals surface area contributed by atoms with Gasteiger partial charge >= 0.3 is 51.4 Å². The Kier molecular flexibility index (Phi) is 8.87. The second-order valence-electron chi connectivity index (χ2n) is 1.79. The van der Waals surface area contributed by atoms with Crippen LogP contribution >= 0.6 is 11.6 Å². The third-order valence-electron chi connectivity index (χ3n) is 1.06. The maximum absolute atomic E-state index is 9.95. The van der Waals surface area contributed by atoms with Crippen LogP contribution in [0.2, 0.25) is 0 Å². The number of carboxylic acids is 1. The number of carboxylic acid groups (broad SMARTS) is 1. The number of rotatable bonds is 2. The van der Waals surface area contributed by atoms with Crippen molar-refractivity contribution >= 4 is 17.6 Å². The van der Waals surface area contributed by atoms with Gasteiger partial charge in [-0.3, -0.25) is 0 Å². The van der Waals surface area contributed by atoms with Crippen LogP contribution in [0.5, 0.6) is 0 Å². The van der Waals surface area contributed by atoms with Crippen molar-refractivity contribution in [3.05, 3.63) is 0 Å². The number of halogens is 1. The second-order valence-corrected chi connectivity index (χ2v) is 2.47. The summed E-state index contributed by atoms with van der Waals surface area (Å²) in [5, 5.41) is 9.60. The molecule has 0 fully saturated rings. The van der Waals surface area contributed by atoms with Crippen LogP contribution in [-0.4, -0.2) is 11.3 Å². The average molecular weight is 175 g/mol. The fourth-order valence-corrected chi connectivity index (χ4v) is 0.290.